The van der Waals surface area contributed by atoms with E-state index < -0.39 is 11.5 Å². The van der Waals surface area contributed by atoms with Crippen LogP contribution in [0.2, 0.25) is 0 Å². The zero-order valence-corrected chi connectivity index (χ0v) is 10.2. The van der Waals surface area contributed by atoms with Crippen molar-refractivity contribution in [1.82, 2.24) is 10.2 Å². The molecule has 6 heteroatoms. The van der Waals surface area contributed by atoms with Gasteiger partial charge in [-0.25, -0.2) is 4.79 Å². The predicted molar refractivity (Wildman–Crippen MR) is 60.3 cm³/mol. The summed E-state index contributed by atoms with van der Waals surface area (Å²) in [5.41, 5.74) is -1.03. The van der Waals surface area contributed by atoms with Crippen LogP contribution in [0.4, 0.5) is 0 Å². The molecule has 0 aromatic heterocycles. The van der Waals surface area contributed by atoms with Gasteiger partial charge < -0.3 is 15.3 Å². The van der Waals surface area contributed by atoms with Gasteiger partial charge in [0.1, 0.15) is 5.54 Å². The fraction of sp³-hybridized carbons (Fsp3) is 0.727. The number of rotatable bonds is 6. The lowest BCUT2D eigenvalue weighted by Gasteiger charge is -2.13. The smallest absolute Gasteiger partial charge is 0.329 e. The molecular formula is C11H18N2O4. The molecule has 1 saturated carbocycles. The zero-order valence-electron chi connectivity index (χ0n) is 10.2. The van der Waals surface area contributed by atoms with Gasteiger partial charge in [-0.1, -0.05) is 0 Å². The van der Waals surface area contributed by atoms with Gasteiger partial charge in [-0.3, -0.25) is 9.59 Å². The monoisotopic (exact) mass is 242 g/mol. The first kappa shape index (κ1) is 13.5. The minimum Gasteiger partial charge on any atom is -0.480 e. The number of carbonyl (C=O) groups excluding carboxylic acids is 2. The van der Waals surface area contributed by atoms with Crippen molar-refractivity contribution in [3.63, 3.8) is 0 Å². The van der Waals surface area contributed by atoms with Crippen molar-refractivity contribution >= 4 is 17.8 Å². The predicted octanol–water partition coefficient (Wildman–Crippen LogP) is -0.0217. The van der Waals surface area contributed by atoms with Crippen molar-refractivity contribution in [3.8, 4) is 0 Å². The van der Waals surface area contributed by atoms with Gasteiger partial charge in [0.15, 0.2) is 0 Å². The van der Waals surface area contributed by atoms with Gasteiger partial charge in [-0.15, -0.1) is 0 Å². The molecule has 2 amide bonds. The van der Waals surface area contributed by atoms with E-state index >= 15 is 0 Å². The molecule has 0 aromatic carbocycles. The highest BCUT2D eigenvalue weighted by Gasteiger charge is 2.51. The molecule has 2 N–H and O–H groups in total. The molecule has 0 atom stereocenters. The number of nitrogens with zero attached hydrogens (tertiary/aromatic N) is 1. The molecule has 0 unspecified atom stereocenters. The van der Waals surface area contributed by atoms with Crippen molar-refractivity contribution in [2.75, 3.05) is 14.1 Å². The van der Waals surface area contributed by atoms with Crippen LogP contribution in [0.15, 0.2) is 0 Å². The minimum absolute atomic E-state index is 0.0304. The number of nitrogens with one attached hydrogen (secondary N) is 1. The van der Waals surface area contributed by atoms with Gasteiger partial charge in [-0.05, 0) is 19.3 Å². The van der Waals surface area contributed by atoms with Crippen LogP contribution in [0, 0.1) is 0 Å². The molecule has 0 saturated heterocycles. The SMILES string of the molecule is CN(C)C(=O)CCCC(=O)NC1(C(=O)O)CC1. The molecule has 0 aliphatic heterocycles. The lowest BCUT2D eigenvalue weighted by Crippen LogP contribution is -2.43. The second-order valence-electron chi connectivity index (χ2n) is 4.58. The summed E-state index contributed by atoms with van der Waals surface area (Å²) in [6, 6.07) is 0. The molecule has 0 radical (unpaired) electrons. The van der Waals surface area contributed by atoms with Crippen LogP contribution in [0.25, 0.3) is 0 Å². The summed E-state index contributed by atoms with van der Waals surface area (Å²) in [6.45, 7) is 0. The van der Waals surface area contributed by atoms with E-state index in [9.17, 15) is 14.4 Å². The third-order valence-electron chi connectivity index (χ3n) is 2.83. The molecule has 0 spiro atoms. The second-order valence-corrected chi connectivity index (χ2v) is 4.58. The summed E-state index contributed by atoms with van der Waals surface area (Å²) in [4.78, 5) is 35.0. The van der Waals surface area contributed by atoms with Crippen molar-refractivity contribution in [2.45, 2.75) is 37.6 Å². The van der Waals surface area contributed by atoms with E-state index in [0.29, 0.717) is 25.7 Å². The maximum Gasteiger partial charge on any atom is 0.329 e. The Bertz CT molecular complexity index is 334. The van der Waals surface area contributed by atoms with Crippen LogP contribution in [-0.2, 0) is 14.4 Å². The summed E-state index contributed by atoms with van der Waals surface area (Å²) < 4.78 is 0. The standard InChI is InChI=1S/C11H18N2O4/c1-13(2)9(15)5-3-4-8(14)12-11(6-7-11)10(16)17/h3-7H2,1-2H3,(H,12,14)(H,16,17). The summed E-state index contributed by atoms with van der Waals surface area (Å²) in [5.74, 6) is -1.30. The van der Waals surface area contributed by atoms with Gasteiger partial charge in [0.05, 0.1) is 0 Å². The number of carbonyl (C=O) groups is 3. The fourth-order valence-corrected chi connectivity index (χ4v) is 1.47. The molecule has 96 valence electrons. The van der Waals surface area contributed by atoms with Crippen LogP contribution in [0.5, 0.6) is 0 Å². The van der Waals surface area contributed by atoms with E-state index in [-0.39, 0.29) is 18.2 Å². The summed E-state index contributed by atoms with van der Waals surface area (Å²) in [7, 11) is 3.32. The Kier molecular flexibility index (Phi) is 4.09. The van der Waals surface area contributed by atoms with Crippen molar-refractivity contribution in [3.05, 3.63) is 0 Å². The van der Waals surface area contributed by atoms with Crippen molar-refractivity contribution < 1.29 is 19.5 Å². The second kappa shape index (κ2) is 5.16. The molecule has 0 heterocycles. The van der Waals surface area contributed by atoms with Gasteiger partial charge in [-0.2, -0.15) is 0 Å². The molecule has 1 fully saturated rings. The average molecular weight is 242 g/mol. The Morgan fingerprint density at radius 1 is 1.24 bits per heavy atom. The summed E-state index contributed by atoms with van der Waals surface area (Å²) in [6.07, 6.45) is 1.92. The third kappa shape index (κ3) is 3.72. The minimum atomic E-state index is -1.03. The van der Waals surface area contributed by atoms with Crippen molar-refractivity contribution in [2.24, 2.45) is 0 Å². The Labute approximate surface area is 100.0 Å². The quantitative estimate of drug-likeness (QED) is 0.685. The highest BCUT2D eigenvalue weighted by atomic mass is 16.4. The maximum atomic E-state index is 11.5. The van der Waals surface area contributed by atoms with Gasteiger partial charge in [0, 0.05) is 26.9 Å². The topological polar surface area (TPSA) is 86.7 Å². The summed E-state index contributed by atoms with van der Waals surface area (Å²) in [5, 5.41) is 11.4. The first-order valence-corrected chi connectivity index (χ1v) is 5.62. The van der Waals surface area contributed by atoms with E-state index in [1.807, 2.05) is 0 Å². The Morgan fingerprint density at radius 3 is 2.24 bits per heavy atom. The number of hydrogen-bond donors (Lipinski definition) is 2. The Balaban J connectivity index is 2.23. The molecule has 1 aliphatic carbocycles. The molecule has 1 aliphatic rings. The largest absolute Gasteiger partial charge is 0.480 e. The van der Waals surface area contributed by atoms with Crippen LogP contribution >= 0.6 is 0 Å². The first-order valence-electron chi connectivity index (χ1n) is 5.62. The van der Waals surface area contributed by atoms with Gasteiger partial charge in [0.2, 0.25) is 11.8 Å². The van der Waals surface area contributed by atoms with Crippen LogP contribution in [0.1, 0.15) is 32.1 Å². The highest BCUT2D eigenvalue weighted by molar-refractivity contribution is 5.89. The lowest BCUT2D eigenvalue weighted by molar-refractivity contribution is -0.143. The maximum absolute atomic E-state index is 11.5. The highest BCUT2D eigenvalue weighted by Crippen LogP contribution is 2.35. The number of aliphatic carboxylic acids is 1. The number of carboxylic acid groups (broad SMARTS) is 1. The molecule has 0 aromatic rings. The van der Waals surface area contributed by atoms with E-state index in [2.05, 4.69) is 5.32 Å². The van der Waals surface area contributed by atoms with Gasteiger partial charge in [0.25, 0.3) is 0 Å². The Hall–Kier alpha value is -1.59. The lowest BCUT2D eigenvalue weighted by atomic mass is 10.2. The summed E-state index contributed by atoms with van der Waals surface area (Å²) >= 11 is 0. The number of hydrogen-bond acceptors (Lipinski definition) is 3. The van der Waals surface area contributed by atoms with Crippen LogP contribution < -0.4 is 5.32 Å². The molecule has 1 rings (SSSR count). The van der Waals surface area contributed by atoms with Crippen LogP contribution in [-0.4, -0.2) is 47.4 Å². The van der Waals surface area contributed by atoms with Gasteiger partial charge >= 0.3 is 5.97 Å². The molecule has 6 nitrogen and oxygen atoms in total. The first-order chi connectivity index (χ1) is 7.87. The van der Waals surface area contributed by atoms with E-state index in [4.69, 9.17) is 5.11 Å². The fourth-order valence-electron chi connectivity index (χ4n) is 1.47. The average Bonchev–Trinajstić information content (AvgIpc) is 2.98. The normalized spacial score (nSPS) is 16.1. The third-order valence-corrected chi connectivity index (χ3v) is 2.83. The van der Waals surface area contributed by atoms with E-state index in [0.717, 1.165) is 0 Å². The number of carboxylic acids is 1. The number of amides is 2. The molecular weight excluding hydrogens is 224 g/mol. The Morgan fingerprint density at radius 2 is 1.82 bits per heavy atom. The van der Waals surface area contributed by atoms with Crippen molar-refractivity contribution in [1.29, 1.82) is 0 Å². The van der Waals surface area contributed by atoms with E-state index in [1.165, 1.54) is 4.90 Å². The van der Waals surface area contributed by atoms with E-state index in [1.54, 1.807) is 14.1 Å². The van der Waals surface area contributed by atoms with Crippen LogP contribution in [0.3, 0.4) is 0 Å². The molecule has 0 bridgehead atoms. The molecule has 17 heavy (non-hydrogen) atoms. The zero-order chi connectivity index (χ0) is 13.1.